The molecule has 0 aliphatic carbocycles. The molecule has 3 rings (SSSR count). The van der Waals surface area contributed by atoms with Gasteiger partial charge in [0.15, 0.2) is 0 Å². The van der Waals surface area contributed by atoms with E-state index < -0.39 is 0 Å². The van der Waals surface area contributed by atoms with Crippen molar-refractivity contribution in [2.45, 2.75) is 38.6 Å². The minimum Gasteiger partial charge on any atom is -0.365 e. The van der Waals surface area contributed by atoms with E-state index in [1.165, 1.54) is 31.2 Å². The van der Waals surface area contributed by atoms with E-state index in [1.807, 2.05) is 25.3 Å². The molecule has 2 N–H and O–H groups in total. The third kappa shape index (κ3) is 4.06. The van der Waals surface area contributed by atoms with Crippen LogP contribution < -0.4 is 5.32 Å². The number of aromatic nitrogens is 1. The highest BCUT2D eigenvalue weighted by Crippen LogP contribution is 2.23. The second-order valence-corrected chi connectivity index (χ2v) is 6.60. The molecule has 1 saturated heterocycles. The molecule has 1 aromatic heterocycles. The molecule has 1 aliphatic rings. The zero-order chi connectivity index (χ0) is 16.8. The van der Waals surface area contributed by atoms with Gasteiger partial charge in [0.05, 0.1) is 11.6 Å². The van der Waals surface area contributed by atoms with Crippen LogP contribution in [0.2, 0.25) is 0 Å². The number of H-pyrrole nitrogens is 1. The quantitative estimate of drug-likeness (QED) is 0.881. The molecule has 2 aromatic rings. The average Bonchev–Trinajstić information content (AvgIpc) is 2.86. The number of benzene rings is 1. The molecule has 4 heteroatoms. The van der Waals surface area contributed by atoms with Crippen LogP contribution in [0.15, 0.2) is 42.6 Å². The third-order valence-corrected chi connectivity index (χ3v) is 4.92. The average molecular weight is 325 g/mol. The summed E-state index contributed by atoms with van der Waals surface area (Å²) >= 11 is 0. The molecule has 0 unspecified atom stereocenters. The van der Waals surface area contributed by atoms with Crippen molar-refractivity contribution < 1.29 is 4.79 Å². The number of likely N-dealkylation sites (tertiary alicyclic amines) is 1. The van der Waals surface area contributed by atoms with Gasteiger partial charge in [-0.15, -0.1) is 0 Å². The molecule has 0 bridgehead atoms. The number of amides is 1. The van der Waals surface area contributed by atoms with Gasteiger partial charge in [-0.25, -0.2) is 0 Å². The van der Waals surface area contributed by atoms with Crippen molar-refractivity contribution >= 4 is 5.91 Å². The Balaban J connectivity index is 1.72. The first-order valence-electron chi connectivity index (χ1n) is 8.97. The number of hydrogen-bond acceptors (Lipinski definition) is 2. The molecule has 1 aromatic carbocycles. The number of hydrogen-bond donors (Lipinski definition) is 2. The van der Waals surface area contributed by atoms with Crippen LogP contribution >= 0.6 is 0 Å². The van der Waals surface area contributed by atoms with E-state index in [1.54, 1.807) is 0 Å². The molecular formula is C20H27N3O. The number of aryl methyl sites for hydroxylation is 1. The fourth-order valence-electron chi connectivity index (χ4n) is 3.52. The first-order valence-corrected chi connectivity index (χ1v) is 8.97. The zero-order valence-electron chi connectivity index (χ0n) is 14.4. The van der Waals surface area contributed by atoms with Gasteiger partial charge >= 0.3 is 0 Å². The van der Waals surface area contributed by atoms with Crippen LogP contribution in [0.5, 0.6) is 0 Å². The maximum Gasteiger partial charge on any atom is 0.253 e. The van der Waals surface area contributed by atoms with Crippen LogP contribution in [0.25, 0.3) is 0 Å². The molecule has 2 heterocycles. The highest BCUT2D eigenvalue weighted by Gasteiger charge is 2.22. The molecule has 128 valence electrons. The number of carbonyl (C=O) groups excluding carboxylic acids is 1. The van der Waals surface area contributed by atoms with Gasteiger partial charge in [-0.2, -0.15) is 0 Å². The molecule has 0 radical (unpaired) electrons. The van der Waals surface area contributed by atoms with Gasteiger partial charge in [0.1, 0.15) is 0 Å². The van der Waals surface area contributed by atoms with E-state index in [0.717, 1.165) is 24.3 Å². The van der Waals surface area contributed by atoms with E-state index >= 15 is 0 Å². The van der Waals surface area contributed by atoms with Gasteiger partial charge in [0.25, 0.3) is 5.91 Å². The summed E-state index contributed by atoms with van der Waals surface area (Å²) in [6.45, 7) is 4.79. The Morgan fingerprint density at radius 2 is 1.83 bits per heavy atom. The van der Waals surface area contributed by atoms with Crippen LogP contribution in [-0.2, 0) is 0 Å². The van der Waals surface area contributed by atoms with Gasteiger partial charge in [-0.05, 0) is 44.5 Å². The highest BCUT2D eigenvalue weighted by molar-refractivity contribution is 5.95. The smallest absolute Gasteiger partial charge is 0.253 e. The van der Waals surface area contributed by atoms with Crippen LogP contribution in [0.1, 0.15) is 53.3 Å². The lowest BCUT2D eigenvalue weighted by Crippen LogP contribution is -2.38. The monoisotopic (exact) mass is 325 g/mol. The van der Waals surface area contributed by atoms with Crippen molar-refractivity contribution in [3.05, 3.63) is 59.4 Å². The van der Waals surface area contributed by atoms with Gasteiger partial charge < -0.3 is 10.3 Å². The largest absolute Gasteiger partial charge is 0.365 e. The fraction of sp³-hybridized carbons (Fsp3) is 0.450. The van der Waals surface area contributed by atoms with Gasteiger partial charge in [0.2, 0.25) is 0 Å². The fourth-order valence-corrected chi connectivity index (χ4v) is 3.52. The van der Waals surface area contributed by atoms with Crippen LogP contribution in [0.4, 0.5) is 0 Å². The molecule has 0 spiro atoms. The Labute approximate surface area is 144 Å². The van der Waals surface area contributed by atoms with Crippen LogP contribution in [-0.4, -0.2) is 35.4 Å². The second kappa shape index (κ2) is 8.15. The summed E-state index contributed by atoms with van der Waals surface area (Å²) in [6.07, 6.45) is 6.93. The highest BCUT2D eigenvalue weighted by atomic mass is 16.1. The minimum atomic E-state index is 0.00417. The lowest BCUT2D eigenvalue weighted by Gasteiger charge is -2.31. The van der Waals surface area contributed by atoms with E-state index in [9.17, 15) is 4.79 Å². The van der Waals surface area contributed by atoms with Crippen molar-refractivity contribution in [3.8, 4) is 0 Å². The topological polar surface area (TPSA) is 48.1 Å². The number of rotatable bonds is 5. The molecule has 0 saturated carbocycles. The molecule has 1 atom stereocenters. The van der Waals surface area contributed by atoms with Gasteiger partial charge in [0, 0.05) is 18.4 Å². The maximum absolute atomic E-state index is 12.5. The first-order chi connectivity index (χ1) is 11.8. The summed E-state index contributed by atoms with van der Waals surface area (Å²) in [4.78, 5) is 18.1. The summed E-state index contributed by atoms with van der Waals surface area (Å²) in [6, 6.07) is 12.6. The van der Waals surface area contributed by atoms with E-state index in [-0.39, 0.29) is 11.9 Å². The Morgan fingerprint density at radius 3 is 2.46 bits per heavy atom. The van der Waals surface area contributed by atoms with E-state index in [2.05, 4.69) is 39.5 Å². The molecule has 24 heavy (non-hydrogen) atoms. The predicted molar refractivity (Wildman–Crippen MR) is 97.1 cm³/mol. The van der Waals surface area contributed by atoms with Crippen molar-refractivity contribution in [2.24, 2.45) is 0 Å². The van der Waals surface area contributed by atoms with Crippen molar-refractivity contribution in [2.75, 3.05) is 19.6 Å². The number of aromatic amines is 1. The second-order valence-electron chi connectivity index (χ2n) is 6.60. The maximum atomic E-state index is 12.5. The predicted octanol–water partition coefficient (Wildman–Crippen LogP) is 3.67. The Hall–Kier alpha value is -2.07. The molecule has 1 aliphatic heterocycles. The number of carbonyl (C=O) groups is 1. The molecule has 1 fully saturated rings. The Bertz CT molecular complexity index is 642. The molecule has 4 nitrogen and oxygen atoms in total. The first kappa shape index (κ1) is 16.8. The number of nitrogens with one attached hydrogen (secondary N) is 2. The van der Waals surface area contributed by atoms with Crippen LogP contribution in [0.3, 0.4) is 0 Å². The van der Waals surface area contributed by atoms with Crippen LogP contribution in [0, 0.1) is 6.92 Å². The molecule has 1 amide bonds. The molecular weight excluding hydrogens is 298 g/mol. The van der Waals surface area contributed by atoms with E-state index in [0.29, 0.717) is 6.54 Å². The summed E-state index contributed by atoms with van der Waals surface area (Å²) in [5, 5.41) is 3.14. The standard InChI is InChI=1S/C20H27N3O/c1-16-18(11-12-21-16)20(24)22-15-19(17-9-5-4-6-10-17)23-13-7-2-3-8-14-23/h4-6,9-12,19,21H,2-3,7-8,13-15H2,1H3,(H,22,24)/t19-/m1/s1. The SMILES string of the molecule is Cc1[nH]ccc1C(=O)NC[C@H](c1ccccc1)N1CCCCCC1. The van der Waals surface area contributed by atoms with Gasteiger partial charge in [-0.1, -0.05) is 43.2 Å². The van der Waals surface area contributed by atoms with Crippen molar-refractivity contribution in [1.29, 1.82) is 0 Å². The Kier molecular flexibility index (Phi) is 5.70. The minimum absolute atomic E-state index is 0.00417. The zero-order valence-corrected chi connectivity index (χ0v) is 14.4. The lowest BCUT2D eigenvalue weighted by molar-refractivity contribution is 0.0933. The summed E-state index contributed by atoms with van der Waals surface area (Å²) in [5.41, 5.74) is 2.93. The number of nitrogens with zero attached hydrogens (tertiary/aromatic N) is 1. The van der Waals surface area contributed by atoms with Crippen molar-refractivity contribution in [1.82, 2.24) is 15.2 Å². The van der Waals surface area contributed by atoms with Crippen molar-refractivity contribution in [3.63, 3.8) is 0 Å². The van der Waals surface area contributed by atoms with E-state index in [4.69, 9.17) is 0 Å². The summed E-state index contributed by atoms with van der Waals surface area (Å²) in [5.74, 6) is 0.00417. The third-order valence-electron chi connectivity index (χ3n) is 4.92. The van der Waals surface area contributed by atoms with Gasteiger partial charge in [-0.3, -0.25) is 9.69 Å². The normalized spacial score (nSPS) is 17.2. The summed E-state index contributed by atoms with van der Waals surface area (Å²) in [7, 11) is 0. The lowest BCUT2D eigenvalue weighted by atomic mass is 10.0. The Morgan fingerprint density at radius 1 is 1.12 bits per heavy atom. The summed E-state index contributed by atoms with van der Waals surface area (Å²) < 4.78 is 0.